The summed E-state index contributed by atoms with van der Waals surface area (Å²) in [6.45, 7) is 0. The number of rotatable bonds is 7. The minimum absolute atomic E-state index is 0.133. The molecule has 0 saturated heterocycles. The Balaban J connectivity index is 1.61. The third kappa shape index (κ3) is 6.11. The zero-order valence-corrected chi connectivity index (χ0v) is 13.3. The smallest absolute Gasteiger partial charge is 0.250 e. The normalized spacial score (nSPS) is 10.5. The van der Waals surface area contributed by atoms with Gasteiger partial charge in [0.2, 0.25) is 11.8 Å². The first-order chi connectivity index (χ1) is 10.7. The van der Waals surface area contributed by atoms with E-state index in [9.17, 15) is 9.59 Å². The number of carbonyl (C=O) groups excluding carboxylic acids is 2. The molecule has 0 aliphatic carbocycles. The lowest BCUT2D eigenvalue weighted by atomic mass is 10.3. The van der Waals surface area contributed by atoms with E-state index in [0.29, 0.717) is 0 Å². The largest absolute Gasteiger partial charge is 0.325 e. The maximum absolute atomic E-state index is 11.7. The molecule has 5 nitrogen and oxygen atoms in total. The third-order valence-electron chi connectivity index (χ3n) is 2.45. The number of thiophene rings is 1. The Labute approximate surface area is 136 Å². The van der Waals surface area contributed by atoms with Gasteiger partial charge in [-0.15, -0.1) is 23.1 Å². The summed E-state index contributed by atoms with van der Waals surface area (Å²) >= 11 is 2.78. The van der Waals surface area contributed by atoms with Crippen LogP contribution >= 0.6 is 23.1 Å². The van der Waals surface area contributed by atoms with Gasteiger partial charge in [-0.1, -0.05) is 24.3 Å². The second-order valence-corrected chi connectivity index (χ2v) is 6.18. The highest BCUT2D eigenvalue weighted by molar-refractivity contribution is 8.00. The third-order valence-corrected chi connectivity index (χ3v) is 4.19. The Hall–Kier alpha value is -2.12. The number of carbonyl (C=O) groups is 2. The molecule has 22 heavy (non-hydrogen) atoms. The van der Waals surface area contributed by atoms with Crippen LogP contribution in [0.5, 0.6) is 0 Å². The van der Waals surface area contributed by atoms with Gasteiger partial charge in [0.25, 0.3) is 0 Å². The van der Waals surface area contributed by atoms with Crippen LogP contribution in [0.15, 0.2) is 52.9 Å². The molecule has 1 aromatic heterocycles. The van der Waals surface area contributed by atoms with Crippen molar-refractivity contribution in [1.29, 1.82) is 0 Å². The fourth-order valence-corrected chi connectivity index (χ4v) is 2.71. The van der Waals surface area contributed by atoms with Crippen LogP contribution in [-0.4, -0.2) is 29.5 Å². The average Bonchev–Trinajstić information content (AvgIpc) is 3.01. The lowest BCUT2D eigenvalue weighted by Gasteiger charge is -2.04. The van der Waals surface area contributed by atoms with Crippen molar-refractivity contribution in [1.82, 2.24) is 5.43 Å². The van der Waals surface area contributed by atoms with E-state index in [1.165, 1.54) is 23.1 Å². The second kappa shape index (κ2) is 9.01. The van der Waals surface area contributed by atoms with Crippen molar-refractivity contribution in [2.75, 3.05) is 16.8 Å². The SMILES string of the molecule is O=C(CSCC(=O)Nc1ccccc1)N/N=C/c1cccs1. The second-order valence-electron chi connectivity index (χ2n) is 4.22. The number of para-hydroxylation sites is 1. The number of hydrogen-bond donors (Lipinski definition) is 2. The number of nitrogens with zero attached hydrogens (tertiary/aromatic N) is 1. The Morgan fingerprint density at radius 3 is 2.59 bits per heavy atom. The van der Waals surface area contributed by atoms with E-state index in [4.69, 9.17) is 0 Å². The van der Waals surface area contributed by atoms with Crippen LogP contribution in [0, 0.1) is 0 Å². The van der Waals surface area contributed by atoms with Gasteiger partial charge in [-0.2, -0.15) is 5.10 Å². The summed E-state index contributed by atoms with van der Waals surface area (Å²) in [5, 5.41) is 8.54. The number of amides is 2. The van der Waals surface area contributed by atoms with Gasteiger partial charge in [0, 0.05) is 10.6 Å². The van der Waals surface area contributed by atoms with Crippen molar-refractivity contribution in [3.05, 3.63) is 52.7 Å². The van der Waals surface area contributed by atoms with Gasteiger partial charge >= 0.3 is 0 Å². The summed E-state index contributed by atoms with van der Waals surface area (Å²) in [6, 6.07) is 13.0. The molecule has 7 heteroatoms. The molecule has 0 aliphatic rings. The molecule has 0 fully saturated rings. The molecule has 2 amide bonds. The van der Waals surface area contributed by atoms with Gasteiger partial charge in [-0.05, 0) is 23.6 Å². The molecule has 114 valence electrons. The Bertz CT molecular complexity index is 628. The summed E-state index contributed by atoms with van der Waals surface area (Å²) in [6.07, 6.45) is 1.59. The van der Waals surface area contributed by atoms with Crippen LogP contribution in [0.4, 0.5) is 5.69 Å². The highest BCUT2D eigenvalue weighted by atomic mass is 32.2. The number of thioether (sulfide) groups is 1. The fraction of sp³-hybridized carbons (Fsp3) is 0.133. The summed E-state index contributed by atoms with van der Waals surface area (Å²) in [7, 11) is 0. The monoisotopic (exact) mass is 333 g/mol. The Kier molecular flexibility index (Phi) is 6.66. The van der Waals surface area contributed by atoms with Crippen molar-refractivity contribution in [2.45, 2.75) is 0 Å². The topological polar surface area (TPSA) is 70.6 Å². The minimum atomic E-state index is -0.231. The van der Waals surface area contributed by atoms with Crippen LogP contribution in [0.25, 0.3) is 0 Å². The highest BCUT2D eigenvalue weighted by Gasteiger charge is 2.05. The number of hydrogen-bond acceptors (Lipinski definition) is 5. The Morgan fingerprint density at radius 1 is 1.09 bits per heavy atom. The van der Waals surface area contributed by atoms with E-state index in [1.807, 2.05) is 47.8 Å². The van der Waals surface area contributed by atoms with Crippen molar-refractivity contribution in [3.8, 4) is 0 Å². The zero-order valence-electron chi connectivity index (χ0n) is 11.7. The van der Waals surface area contributed by atoms with Crippen LogP contribution in [0.1, 0.15) is 4.88 Å². The van der Waals surface area contributed by atoms with Gasteiger partial charge in [-0.3, -0.25) is 9.59 Å². The predicted octanol–water partition coefficient (Wildman–Crippen LogP) is 2.57. The maximum atomic E-state index is 11.7. The molecule has 0 aliphatic heterocycles. The highest BCUT2D eigenvalue weighted by Crippen LogP contribution is 2.07. The van der Waals surface area contributed by atoms with Gasteiger partial charge in [0.15, 0.2) is 0 Å². The molecule has 1 heterocycles. The standard InChI is InChI=1S/C15H15N3O2S2/c19-14(17-12-5-2-1-3-6-12)10-21-11-15(20)18-16-9-13-7-4-8-22-13/h1-9H,10-11H2,(H,17,19)(H,18,20)/b16-9+. The first-order valence-corrected chi connectivity index (χ1v) is 8.55. The number of nitrogens with one attached hydrogen (secondary N) is 2. The van der Waals surface area contributed by atoms with Crippen LogP contribution in [-0.2, 0) is 9.59 Å². The van der Waals surface area contributed by atoms with Crippen molar-refractivity contribution < 1.29 is 9.59 Å². The lowest BCUT2D eigenvalue weighted by Crippen LogP contribution is -2.21. The molecule has 1 aromatic carbocycles. The van der Waals surface area contributed by atoms with Crippen LogP contribution in [0.3, 0.4) is 0 Å². The van der Waals surface area contributed by atoms with E-state index in [0.717, 1.165) is 10.6 Å². The summed E-state index contributed by atoms with van der Waals surface area (Å²) in [5.74, 6) is 0.0393. The minimum Gasteiger partial charge on any atom is -0.325 e. The molecular formula is C15H15N3O2S2. The Morgan fingerprint density at radius 2 is 1.86 bits per heavy atom. The summed E-state index contributed by atoms with van der Waals surface area (Å²) in [5.41, 5.74) is 3.18. The van der Waals surface area contributed by atoms with E-state index < -0.39 is 0 Å². The van der Waals surface area contributed by atoms with Crippen LogP contribution < -0.4 is 10.7 Å². The molecule has 0 atom stereocenters. The van der Waals surface area contributed by atoms with Gasteiger partial charge < -0.3 is 5.32 Å². The molecule has 2 aromatic rings. The van der Waals surface area contributed by atoms with Crippen molar-refractivity contribution in [2.24, 2.45) is 5.10 Å². The quantitative estimate of drug-likeness (QED) is 0.604. The summed E-state index contributed by atoms with van der Waals surface area (Å²) in [4.78, 5) is 24.2. The molecule has 0 radical (unpaired) electrons. The predicted molar refractivity (Wildman–Crippen MR) is 92.5 cm³/mol. The average molecular weight is 333 g/mol. The number of benzene rings is 1. The van der Waals surface area contributed by atoms with Gasteiger partial charge in [0.1, 0.15) is 0 Å². The molecule has 2 rings (SSSR count). The zero-order chi connectivity index (χ0) is 15.6. The number of hydrazone groups is 1. The van der Waals surface area contributed by atoms with Crippen molar-refractivity contribution in [3.63, 3.8) is 0 Å². The van der Waals surface area contributed by atoms with Crippen molar-refractivity contribution >= 4 is 46.8 Å². The van der Waals surface area contributed by atoms with Gasteiger partial charge in [0.05, 0.1) is 17.7 Å². The number of anilines is 1. The first kappa shape index (κ1) is 16.3. The van der Waals surface area contributed by atoms with E-state index in [2.05, 4.69) is 15.8 Å². The van der Waals surface area contributed by atoms with E-state index >= 15 is 0 Å². The molecule has 0 unspecified atom stereocenters. The van der Waals surface area contributed by atoms with Gasteiger partial charge in [-0.25, -0.2) is 5.43 Å². The maximum Gasteiger partial charge on any atom is 0.250 e. The molecule has 2 N–H and O–H groups in total. The lowest BCUT2D eigenvalue weighted by molar-refractivity contribution is -0.118. The van der Waals surface area contributed by atoms with Crippen LogP contribution in [0.2, 0.25) is 0 Å². The fourth-order valence-electron chi connectivity index (χ4n) is 1.52. The van der Waals surface area contributed by atoms with E-state index in [1.54, 1.807) is 6.21 Å². The molecule has 0 saturated carbocycles. The molecule has 0 bridgehead atoms. The summed E-state index contributed by atoms with van der Waals surface area (Å²) < 4.78 is 0. The molecular weight excluding hydrogens is 318 g/mol. The van der Waals surface area contributed by atoms with E-state index in [-0.39, 0.29) is 23.3 Å². The first-order valence-electron chi connectivity index (χ1n) is 6.52. The molecule has 0 spiro atoms.